The monoisotopic (exact) mass is 273 g/mol. The van der Waals surface area contributed by atoms with Gasteiger partial charge < -0.3 is 4.90 Å². The Hall–Kier alpha value is -1.15. The van der Waals surface area contributed by atoms with E-state index >= 15 is 0 Å². The zero-order valence-corrected chi connectivity index (χ0v) is 12.7. The van der Waals surface area contributed by atoms with Crippen molar-refractivity contribution in [3.63, 3.8) is 0 Å². The van der Waals surface area contributed by atoms with Gasteiger partial charge in [0.05, 0.1) is 0 Å². The molecule has 0 bridgehead atoms. The summed E-state index contributed by atoms with van der Waals surface area (Å²) in [4.78, 5) is 14.6. The highest BCUT2D eigenvalue weighted by molar-refractivity contribution is 5.96. The van der Waals surface area contributed by atoms with E-state index in [2.05, 4.69) is 4.90 Å². The quantitative estimate of drug-likeness (QED) is 0.547. The smallest absolute Gasteiger partial charge is 0.162 e. The molecule has 1 aromatic rings. The number of carbonyl (C=O) groups excluding carboxylic acids is 1. The van der Waals surface area contributed by atoms with Gasteiger partial charge >= 0.3 is 0 Å². The summed E-state index contributed by atoms with van der Waals surface area (Å²) < 4.78 is 0. The number of Topliss-reactive ketones (excluding diaryl/α,β-unsaturated/α-hetero) is 1. The fourth-order valence-corrected chi connectivity index (χ4v) is 2.94. The second-order valence-corrected chi connectivity index (χ2v) is 6.01. The molecule has 0 amide bonds. The molecule has 110 valence electrons. The Balaban J connectivity index is 1.59. The van der Waals surface area contributed by atoms with Gasteiger partial charge in [0.15, 0.2) is 5.78 Å². The molecule has 1 aliphatic rings. The molecular formula is C18H27NO. The number of piperidine rings is 1. The number of rotatable bonds is 7. The number of hydrogen-bond acceptors (Lipinski definition) is 2. The normalized spacial score (nSPS) is 16.2. The first-order valence-corrected chi connectivity index (χ1v) is 8.08. The predicted octanol–water partition coefficient (Wildman–Crippen LogP) is 4.22. The van der Waals surface area contributed by atoms with Crippen molar-refractivity contribution >= 4 is 5.78 Å². The lowest BCUT2D eigenvalue weighted by Gasteiger charge is -2.26. The number of aryl methyl sites for hydroxylation is 1. The van der Waals surface area contributed by atoms with E-state index in [-0.39, 0.29) is 0 Å². The van der Waals surface area contributed by atoms with Gasteiger partial charge in [-0.3, -0.25) is 4.79 Å². The summed E-state index contributed by atoms with van der Waals surface area (Å²) in [6.07, 6.45) is 8.28. The third-order valence-corrected chi connectivity index (χ3v) is 4.17. The van der Waals surface area contributed by atoms with Gasteiger partial charge in [-0.1, -0.05) is 36.6 Å². The summed E-state index contributed by atoms with van der Waals surface area (Å²) in [5, 5.41) is 0. The van der Waals surface area contributed by atoms with E-state index in [9.17, 15) is 4.79 Å². The molecule has 0 atom stereocenters. The number of carbonyl (C=O) groups is 1. The van der Waals surface area contributed by atoms with E-state index in [0.29, 0.717) is 12.2 Å². The molecule has 2 heteroatoms. The van der Waals surface area contributed by atoms with Gasteiger partial charge in [0.1, 0.15) is 0 Å². The number of ketones is 1. The Morgan fingerprint density at radius 2 is 1.90 bits per heavy atom. The van der Waals surface area contributed by atoms with E-state index in [1.54, 1.807) is 0 Å². The fourth-order valence-electron chi connectivity index (χ4n) is 2.94. The number of unbranched alkanes of at least 4 members (excludes halogenated alkanes) is 2. The van der Waals surface area contributed by atoms with Crippen LogP contribution in [0.4, 0.5) is 0 Å². The second-order valence-electron chi connectivity index (χ2n) is 6.01. The number of nitrogens with zero attached hydrogens (tertiary/aromatic N) is 1. The molecule has 1 saturated heterocycles. The highest BCUT2D eigenvalue weighted by Gasteiger charge is 2.09. The van der Waals surface area contributed by atoms with Gasteiger partial charge in [0.25, 0.3) is 0 Å². The Bertz CT molecular complexity index is 421. The molecule has 20 heavy (non-hydrogen) atoms. The summed E-state index contributed by atoms with van der Waals surface area (Å²) in [5.74, 6) is 0.298. The topological polar surface area (TPSA) is 20.3 Å². The van der Waals surface area contributed by atoms with Crippen molar-refractivity contribution in [3.05, 3.63) is 35.4 Å². The average molecular weight is 273 g/mol. The van der Waals surface area contributed by atoms with Gasteiger partial charge in [-0.15, -0.1) is 0 Å². The van der Waals surface area contributed by atoms with Gasteiger partial charge in [0, 0.05) is 12.0 Å². The van der Waals surface area contributed by atoms with E-state index in [1.165, 1.54) is 57.3 Å². The van der Waals surface area contributed by atoms with Crippen molar-refractivity contribution in [1.82, 2.24) is 4.90 Å². The molecule has 1 aromatic carbocycles. The third-order valence-electron chi connectivity index (χ3n) is 4.17. The van der Waals surface area contributed by atoms with Crippen molar-refractivity contribution in [3.8, 4) is 0 Å². The van der Waals surface area contributed by atoms with E-state index in [1.807, 2.05) is 31.2 Å². The molecule has 0 radical (unpaired) electrons. The summed E-state index contributed by atoms with van der Waals surface area (Å²) in [6, 6.07) is 7.94. The first kappa shape index (κ1) is 15.2. The summed E-state index contributed by atoms with van der Waals surface area (Å²) in [6.45, 7) is 5.82. The molecule has 0 unspecified atom stereocenters. The predicted molar refractivity (Wildman–Crippen MR) is 84.3 cm³/mol. The van der Waals surface area contributed by atoms with Crippen LogP contribution in [0.5, 0.6) is 0 Å². The SMILES string of the molecule is Cc1cccc(C(=O)CCCCCN2CCCCC2)c1. The van der Waals surface area contributed by atoms with Gasteiger partial charge in [-0.2, -0.15) is 0 Å². The largest absolute Gasteiger partial charge is 0.303 e. The van der Waals surface area contributed by atoms with Crippen molar-refractivity contribution < 1.29 is 4.79 Å². The third kappa shape index (κ3) is 5.09. The molecule has 1 heterocycles. The van der Waals surface area contributed by atoms with Crippen LogP contribution in [0.15, 0.2) is 24.3 Å². The Labute approximate surface area is 123 Å². The Kier molecular flexibility index (Phi) is 6.25. The standard InChI is InChI=1S/C18H27NO/c1-16-9-8-10-17(15-16)18(20)11-4-2-5-12-19-13-6-3-7-14-19/h8-10,15H,2-7,11-14H2,1H3. The van der Waals surface area contributed by atoms with Gasteiger partial charge in [-0.25, -0.2) is 0 Å². The first-order valence-electron chi connectivity index (χ1n) is 8.08. The van der Waals surface area contributed by atoms with Crippen molar-refractivity contribution in [2.45, 2.75) is 51.9 Å². The van der Waals surface area contributed by atoms with Gasteiger partial charge in [-0.05, 0) is 58.3 Å². The lowest BCUT2D eigenvalue weighted by Crippen LogP contribution is -2.30. The lowest BCUT2D eigenvalue weighted by atomic mass is 10.0. The summed E-state index contributed by atoms with van der Waals surface area (Å²) >= 11 is 0. The highest BCUT2D eigenvalue weighted by Crippen LogP contribution is 2.12. The minimum atomic E-state index is 0.298. The molecule has 1 fully saturated rings. The highest BCUT2D eigenvalue weighted by atomic mass is 16.1. The van der Waals surface area contributed by atoms with Crippen molar-refractivity contribution in [2.75, 3.05) is 19.6 Å². The molecule has 0 N–H and O–H groups in total. The minimum absolute atomic E-state index is 0.298. The summed E-state index contributed by atoms with van der Waals surface area (Å²) in [7, 11) is 0. The fraction of sp³-hybridized carbons (Fsp3) is 0.611. The van der Waals surface area contributed by atoms with Gasteiger partial charge in [0.2, 0.25) is 0 Å². The Morgan fingerprint density at radius 1 is 1.10 bits per heavy atom. The van der Waals surface area contributed by atoms with E-state index < -0.39 is 0 Å². The van der Waals surface area contributed by atoms with Crippen LogP contribution in [-0.2, 0) is 0 Å². The van der Waals surface area contributed by atoms with Crippen LogP contribution in [0.25, 0.3) is 0 Å². The molecule has 0 saturated carbocycles. The van der Waals surface area contributed by atoms with Crippen LogP contribution in [0.2, 0.25) is 0 Å². The zero-order valence-electron chi connectivity index (χ0n) is 12.7. The average Bonchev–Trinajstić information content (AvgIpc) is 2.48. The van der Waals surface area contributed by atoms with Crippen LogP contribution in [0, 0.1) is 6.92 Å². The number of benzene rings is 1. The zero-order chi connectivity index (χ0) is 14.2. The Morgan fingerprint density at radius 3 is 2.65 bits per heavy atom. The van der Waals surface area contributed by atoms with Crippen LogP contribution in [0.1, 0.15) is 60.9 Å². The maximum atomic E-state index is 12.1. The lowest BCUT2D eigenvalue weighted by molar-refractivity contribution is 0.0978. The molecule has 0 spiro atoms. The van der Waals surface area contributed by atoms with Crippen LogP contribution in [-0.4, -0.2) is 30.3 Å². The molecule has 0 aromatic heterocycles. The minimum Gasteiger partial charge on any atom is -0.303 e. The first-order chi connectivity index (χ1) is 9.75. The molecular weight excluding hydrogens is 246 g/mol. The maximum absolute atomic E-state index is 12.1. The molecule has 0 aliphatic carbocycles. The van der Waals surface area contributed by atoms with Crippen LogP contribution in [0.3, 0.4) is 0 Å². The van der Waals surface area contributed by atoms with Crippen molar-refractivity contribution in [1.29, 1.82) is 0 Å². The molecule has 2 nitrogen and oxygen atoms in total. The van der Waals surface area contributed by atoms with E-state index in [4.69, 9.17) is 0 Å². The van der Waals surface area contributed by atoms with Crippen LogP contribution >= 0.6 is 0 Å². The second kappa shape index (κ2) is 8.21. The van der Waals surface area contributed by atoms with E-state index in [0.717, 1.165) is 12.0 Å². The number of hydrogen-bond donors (Lipinski definition) is 0. The van der Waals surface area contributed by atoms with Crippen LogP contribution < -0.4 is 0 Å². The molecule has 2 rings (SSSR count). The molecule has 1 aliphatic heterocycles. The number of likely N-dealkylation sites (tertiary alicyclic amines) is 1. The maximum Gasteiger partial charge on any atom is 0.162 e. The van der Waals surface area contributed by atoms with Crippen molar-refractivity contribution in [2.24, 2.45) is 0 Å². The summed E-state index contributed by atoms with van der Waals surface area (Å²) in [5.41, 5.74) is 2.04.